The van der Waals surface area contributed by atoms with Crippen LogP contribution in [0.1, 0.15) is 41.5 Å². The van der Waals surface area contributed by atoms with Gasteiger partial charge < -0.3 is 10.4 Å². The van der Waals surface area contributed by atoms with Crippen LogP contribution in [0.2, 0.25) is 0 Å². The molecule has 0 spiro atoms. The van der Waals surface area contributed by atoms with Gasteiger partial charge in [-0.3, -0.25) is 14.2 Å². The van der Waals surface area contributed by atoms with Crippen molar-refractivity contribution in [2.45, 2.75) is 33.2 Å². The molecule has 3 rings (SSSR count). The van der Waals surface area contributed by atoms with Crippen molar-refractivity contribution < 1.29 is 14.7 Å². The molecule has 2 heterocycles. The number of aromatic carboxylic acids is 1. The van der Waals surface area contributed by atoms with Gasteiger partial charge in [0.25, 0.3) is 5.56 Å². The van der Waals surface area contributed by atoms with Crippen molar-refractivity contribution in [3.05, 3.63) is 57.0 Å². The average molecular weight is 385 g/mol. The number of carboxylic acid groups (broad SMARTS) is 1. The fourth-order valence-electron chi connectivity index (χ4n) is 2.76. The lowest BCUT2D eigenvalue weighted by molar-refractivity contribution is -0.116. The van der Waals surface area contributed by atoms with Crippen molar-refractivity contribution in [2.24, 2.45) is 0 Å². The van der Waals surface area contributed by atoms with E-state index in [9.17, 15) is 19.5 Å². The number of aryl methyl sites for hydroxylation is 1. The molecule has 1 amide bonds. The highest BCUT2D eigenvalue weighted by Crippen LogP contribution is 2.22. The van der Waals surface area contributed by atoms with Crippen LogP contribution in [0, 0.1) is 6.92 Å². The van der Waals surface area contributed by atoms with Gasteiger partial charge in [0, 0.05) is 11.1 Å². The zero-order chi connectivity index (χ0) is 19.7. The number of nitrogens with one attached hydrogen (secondary N) is 1. The Morgan fingerprint density at radius 1 is 1.26 bits per heavy atom. The van der Waals surface area contributed by atoms with Crippen LogP contribution in [0.4, 0.5) is 5.69 Å². The van der Waals surface area contributed by atoms with E-state index in [-0.39, 0.29) is 23.4 Å². The summed E-state index contributed by atoms with van der Waals surface area (Å²) < 4.78 is 1.19. The molecule has 0 aliphatic rings. The van der Waals surface area contributed by atoms with E-state index < -0.39 is 11.5 Å². The maximum atomic E-state index is 12.7. The van der Waals surface area contributed by atoms with Gasteiger partial charge in [0.15, 0.2) is 0 Å². The van der Waals surface area contributed by atoms with E-state index in [1.165, 1.54) is 9.95 Å². The fraction of sp³-hybridized carbons (Fsp3) is 0.263. The van der Waals surface area contributed by atoms with Gasteiger partial charge in [-0.15, -0.1) is 11.3 Å². The minimum Gasteiger partial charge on any atom is -0.478 e. The third kappa shape index (κ3) is 3.75. The van der Waals surface area contributed by atoms with Gasteiger partial charge in [-0.2, -0.15) is 0 Å². The van der Waals surface area contributed by atoms with Crippen molar-refractivity contribution in [1.29, 1.82) is 0 Å². The molecule has 0 fully saturated rings. The fourth-order valence-corrected chi connectivity index (χ4v) is 3.71. The van der Waals surface area contributed by atoms with E-state index in [1.807, 2.05) is 24.3 Å². The number of nitrogens with zero attached hydrogens (tertiary/aromatic N) is 2. The summed E-state index contributed by atoms with van der Waals surface area (Å²) in [6.07, 6.45) is 0. The molecule has 2 aromatic heterocycles. The molecule has 0 unspecified atom stereocenters. The topological polar surface area (TPSA) is 101 Å². The number of fused-ring (bicyclic) bond motifs is 1. The number of aromatic nitrogens is 2. The van der Waals surface area contributed by atoms with Gasteiger partial charge in [-0.1, -0.05) is 26.0 Å². The molecular formula is C19H19N3O4S. The first-order chi connectivity index (χ1) is 12.8. The van der Waals surface area contributed by atoms with Crippen LogP contribution >= 0.6 is 11.3 Å². The maximum absolute atomic E-state index is 12.7. The van der Waals surface area contributed by atoms with Gasteiger partial charge in [-0.05, 0) is 30.5 Å². The molecule has 0 aliphatic heterocycles. The minimum atomic E-state index is -1.19. The Morgan fingerprint density at radius 2 is 1.93 bits per heavy atom. The van der Waals surface area contributed by atoms with Gasteiger partial charge >= 0.3 is 5.97 Å². The normalized spacial score (nSPS) is 11.1. The number of amides is 1. The lowest BCUT2D eigenvalue weighted by Crippen LogP contribution is -2.30. The monoisotopic (exact) mass is 385 g/mol. The molecule has 8 heteroatoms. The summed E-state index contributed by atoms with van der Waals surface area (Å²) in [5.74, 6) is -0.824. The summed E-state index contributed by atoms with van der Waals surface area (Å²) in [5.41, 5.74) is 1.17. The van der Waals surface area contributed by atoms with Gasteiger partial charge in [0.05, 0.1) is 10.9 Å². The molecule has 0 saturated carbocycles. The lowest BCUT2D eigenvalue weighted by Gasteiger charge is -2.11. The van der Waals surface area contributed by atoms with Gasteiger partial charge in [0.1, 0.15) is 17.2 Å². The first-order valence-corrected chi connectivity index (χ1v) is 9.27. The van der Waals surface area contributed by atoms with Crippen molar-refractivity contribution >= 4 is 39.1 Å². The van der Waals surface area contributed by atoms with E-state index in [0.29, 0.717) is 22.3 Å². The summed E-state index contributed by atoms with van der Waals surface area (Å²) in [7, 11) is 0. The van der Waals surface area contributed by atoms with Gasteiger partial charge in [0.2, 0.25) is 5.91 Å². The van der Waals surface area contributed by atoms with Crippen LogP contribution in [0.25, 0.3) is 10.2 Å². The summed E-state index contributed by atoms with van der Waals surface area (Å²) in [6.45, 7) is 5.55. The number of rotatable bonds is 5. The van der Waals surface area contributed by atoms with E-state index in [2.05, 4.69) is 24.1 Å². The van der Waals surface area contributed by atoms with Crippen LogP contribution in [0.3, 0.4) is 0 Å². The van der Waals surface area contributed by atoms with Crippen LogP contribution in [-0.2, 0) is 11.3 Å². The predicted molar refractivity (Wildman–Crippen MR) is 105 cm³/mol. The van der Waals surface area contributed by atoms with Crippen molar-refractivity contribution in [3.63, 3.8) is 0 Å². The number of carboxylic acids is 1. The highest BCUT2D eigenvalue weighted by molar-refractivity contribution is 7.17. The summed E-state index contributed by atoms with van der Waals surface area (Å²) in [5, 5.41) is 13.4. The summed E-state index contributed by atoms with van der Waals surface area (Å²) >= 11 is 1.10. The summed E-state index contributed by atoms with van der Waals surface area (Å²) in [4.78, 5) is 41.1. The number of anilines is 1. The molecule has 3 aromatic rings. The first-order valence-electron chi connectivity index (χ1n) is 8.39. The SMILES string of the molecule is Cc1nc2scc(C(=O)O)c2c(=O)n1CC(=O)Nc1ccc(C(C)C)cc1. The molecule has 0 bridgehead atoms. The highest BCUT2D eigenvalue weighted by Gasteiger charge is 2.19. The minimum absolute atomic E-state index is 0.0344. The third-order valence-corrected chi connectivity index (χ3v) is 5.15. The zero-order valence-corrected chi connectivity index (χ0v) is 16.0. The Labute approximate surface area is 159 Å². The Kier molecular flexibility index (Phi) is 5.09. The van der Waals surface area contributed by atoms with E-state index in [1.54, 1.807) is 6.92 Å². The Morgan fingerprint density at radius 3 is 2.52 bits per heavy atom. The molecule has 0 radical (unpaired) electrons. The van der Waals surface area contributed by atoms with E-state index in [4.69, 9.17) is 0 Å². The van der Waals surface area contributed by atoms with Crippen LogP contribution < -0.4 is 10.9 Å². The number of hydrogen-bond acceptors (Lipinski definition) is 5. The quantitative estimate of drug-likeness (QED) is 0.702. The zero-order valence-electron chi connectivity index (χ0n) is 15.1. The number of hydrogen-bond donors (Lipinski definition) is 2. The number of thiophene rings is 1. The number of carbonyl (C=O) groups excluding carboxylic acids is 1. The van der Waals surface area contributed by atoms with Crippen molar-refractivity contribution in [2.75, 3.05) is 5.32 Å². The highest BCUT2D eigenvalue weighted by atomic mass is 32.1. The average Bonchev–Trinajstić information content (AvgIpc) is 3.03. The maximum Gasteiger partial charge on any atom is 0.337 e. The molecule has 0 saturated heterocycles. The van der Waals surface area contributed by atoms with Crippen LogP contribution in [-0.4, -0.2) is 26.5 Å². The molecule has 0 atom stereocenters. The molecular weight excluding hydrogens is 366 g/mol. The molecule has 27 heavy (non-hydrogen) atoms. The second-order valence-corrected chi connectivity index (χ2v) is 7.37. The van der Waals surface area contributed by atoms with E-state index in [0.717, 1.165) is 16.9 Å². The Balaban J connectivity index is 1.87. The molecule has 1 aromatic carbocycles. The van der Waals surface area contributed by atoms with Crippen molar-refractivity contribution in [1.82, 2.24) is 9.55 Å². The second kappa shape index (κ2) is 7.32. The standard InChI is InChI=1S/C19H19N3O4S/c1-10(2)12-4-6-13(7-5-12)21-15(23)8-22-11(3)20-17-16(18(22)24)14(9-27-17)19(25)26/h4-7,9-10H,8H2,1-3H3,(H,21,23)(H,25,26). The number of carbonyl (C=O) groups is 2. The first kappa shape index (κ1) is 18.8. The molecule has 140 valence electrons. The lowest BCUT2D eigenvalue weighted by atomic mass is 10.0. The Bertz CT molecular complexity index is 1080. The number of benzene rings is 1. The largest absolute Gasteiger partial charge is 0.478 e. The second-order valence-electron chi connectivity index (χ2n) is 6.51. The van der Waals surface area contributed by atoms with E-state index >= 15 is 0 Å². The molecule has 7 nitrogen and oxygen atoms in total. The van der Waals surface area contributed by atoms with Gasteiger partial charge in [-0.25, -0.2) is 9.78 Å². The molecule has 2 N–H and O–H groups in total. The summed E-state index contributed by atoms with van der Waals surface area (Å²) in [6, 6.07) is 7.50. The smallest absolute Gasteiger partial charge is 0.337 e. The third-order valence-electron chi connectivity index (χ3n) is 4.28. The Hall–Kier alpha value is -3.00. The molecule has 0 aliphatic carbocycles. The van der Waals surface area contributed by atoms with Crippen LogP contribution in [0.15, 0.2) is 34.4 Å². The predicted octanol–water partition coefficient (Wildman–Crippen LogP) is 3.23. The van der Waals surface area contributed by atoms with Crippen molar-refractivity contribution in [3.8, 4) is 0 Å². The van der Waals surface area contributed by atoms with Crippen LogP contribution in [0.5, 0.6) is 0 Å².